The molecule has 3 N–H and O–H groups in total. The Morgan fingerprint density at radius 1 is 1.00 bits per heavy atom. The molecule has 3 rings (SSSR count). The van der Waals surface area contributed by atoms with Crippen LogP contribution in [0.5, 0.6) is 0 Å². The van der Waals surface area contributed by atoms with Crippen LogP contribution in [0.4, 0.5) is 5.69 Å². The summed E-state index contributed by atoms with van der Waals surface area (Å²) in [5.41, 5.74) is 9.14. The van der Waals surface area contributed by atoms with Crippen molar-refractivity contribution in [3.05, 3.63) is 64.7 Å². The van der Waals surface area contributed by atoms with Crippen molar-refractivity contribution in [1.29, 1.82) is 0 Å². The number of carbonyl (C=O) groups excluding carboxylic acids is 2. The number of hydrogen-bond acceptors (Lipinski definition) is 2. The molecule has 130 valence electrons. The van der Waals surface area contributed by atoms with Crippen LogP contribution in [0.1, 0.15) is 69.9 Å². The summed E-state index contributed by atoms with van der Waals surface area (Å²) in [6.07, 6.45) is 6.43. The highest BCUT2D eigenvalue weighted by atomic mass is 16.2. The lowest BCUT2D eigenvalue weighted by Gasteiger charge is -2.22. The first-order chi connectivity index (χ1) is 12.0. The summed E-state index contributed by atoms with van der Waals surface area (Å²) >= 11 is 0. The van der Waals surface area contributed by atoms with Crippen LogP contribution < -0.4 is 11.1 Å². The fourth-order valence-corrected chi connectivity index (χ4v) is 3.56. The first-order valence-electron chi connectivity index (χ1n) is 8.86. The summed E-state index contributed by atoms with van der Waals surface area (Å²) in [6, 6.07) is 13.0. The number of anilines is 1. The lowest BCUT2D eigenvalue weighted by Crippen LogP contribution is -2.15. The maximum absolute atomic E-state index is 12.4. The van der Waals surface area contributed by atoms with Gasteiger partial charge in [-0.2, -0.15) is 0 Å². The molecule has 0 spiro atoms. The van der Waals surface area contributed by atoms with Gasteiger partial charge >= 0.3 is 0 Å². The first-order valence-corrected chi connectivity index (χ1v) is 8.86. The summed E-state index contributed by atoms with van der Waals surface area (Å²) < 4.78 is 0. The maximum Gasteiger partial charge on any atom is 0.255 e. The molecule has 4 heteroatoms. The zero-order chi connectivity index (χ0) is 17.8. The van der Waals surface area contributed by atoms with Crippen LogP contribution in [0.2, 0.25) is 0 Å². The largest absolute Gasteiger partial charge is 0.366 e. The highest BCUT2D eigenvalue weighted by Gasteiger charge is 2.16. The molecule has 0 aromatic heterocycles. The Balaban J connectivity index is 1.68. The average molecular weight is 336 g/mol. The summed E-state index contributed by atoms with van der Waals surface area (Å²) in [6.45, 7) is 1.80. The molecule has 2 aromatic carbocycles. The summed E-state index contributed by atoms with van der Waals surface area (Å²) in [5.74, 6) is 0.0185. The van der Waals surface area contributed by atoms with Gasteiger partial charge in [-0.1, -0.05) is 31.4 Å². The van der Waals surface area contributed by atoms with Gasteiger partial charge in [-0.25, -0.2) is 0 Å². The molecule has 0 heterocycles. The normalized spacial score (nSPS) is 14.9. The van der Waals surface area contributed by atoms with E-state index in [1.54, 1.807) is 25.1 Å². The Bertz CT molecular complexity index is 775. The predicted molar refractivity (Wildman–Crippen MR) is 99.9 cm³/mol. The molecule has 25 heavy (non-hydrogen) atoms. The summed E-state index contributed by atoms with van der Waals surface area (Å²) in [7, 11) is 0. The van der Waals surface area contributed by atoms with E-state index < -0.39 is 5.91 Å². The lowest BCUT2D eigenvalue weighted by atomic mass is 9.84. The van der Waals surface area contributed by atoms with E-state index in [-0.39, 0.29) is 5.91 Å². The number of nitrogens with two attached hydrogens (primary N) is 1. The molecule has 0 saturated heterocycles. The highest BCUT2D eigenvalue weighted by Crippen LogP contribution is 2.32. The van der Waals surface area contributed by atoms with E-state index in [2.05, 4.69) is 17.4 Å². The Kier molecular flexibility index (Phi) is 5.17. The van der Waals surface area contributed by atoms with Gasteiger partial charge in [0.05, 0.1) is 0 Å². The fourth-order valence-electron chi connectivity index (χ4n) is 3.56. The Labute approximate surface area is 148 Å². The number of benzene rings is 2. The molecular weight excluding hydrogens is 312 g/mol. The van der Waals surface area contributed by atoms with Crippen molar-refractivity contribution in [1.82, 2.24) is 0 Å². The molecule has 1 aliphatic rings. The SMILES string of the molecule is Cc1cc(NC(=O)c2ccc(C3CCCCC3)cc2)ccc1C(N)=O. The summed E-state index contributed by atoms with van der Waals surface area (Å²) in [4.78, 5) is 23.7. The molecule has 4 nitrogen and oxygen atoms in total. The molecule has 1 fully saturated rings. The quantitative estimate of drug-likeness (QED) is 0.869. The smallest absolute Gasteiger partial charge is 0.255 e. The third-order valence-corrected chi connectivity index (χ3v) is 5.00. The predicted octanol–water partition coefficient (Wildman–Crippen LogP) is 4.39. The van der Waals surface area contributed by atoms with Crippen LogP contribution >= 0.6 is 0 Å². The molecule has 2 amide bonds. The van der Waals surface area contributed by atoms with E-state index in [9.17, 15) is 9.59 Å². The number of rotatable bonds is 4. The van der Waals surface area contributed by atoms with Gasteiger partial charge < -0.3 is 11.1 Å². The number of hydrogen-bond donors (Lipinski definition) is 2. The number of primary amides is 1. The number of amides is 2. The fraction of sp³-hybridized carbons (Fsp3) is 0.333. The molecule has 0 unspecified atom stereocenters. The Hall–Kier alpha value is -2.62. The topological polar surface area (TPSA) is 72.2 Å². The minimum Gasteiger partial charge on any atom is -0.366 e. The van der Waals surface area contributed by atoms with Crippen LogP contribution in [0.25, 0.3) is 0 Å². The van der Waals surface area contributed by atoms with Crippen LogP contribution in [0.15, 0.2) is 42.5 Å². The van der Waals surface area contributed by atoms with Gasteiger partial charge in [0.15, 0.2) is 0 Å². The number of carbonyl (C=O) groups is 2. The molecule has 2 aromatic rings. The van der Waals surface area contributed by atoms with E-state index in [1.165, 1.54) is 37.7 Å². The van der Waals surface area contributed by atoms with Gasteiger partial charge in [-0.05, 0) is 67.1 Å². The van der Waals surface area contributed by atoms with Gasteiger partial charge in [-0.3, -0.25) is 9.59 Å². The summed E-state index contributed by atoms with van der Waals surface area (Å²) in [5, 5.41) is 2.87. The van der Waals surface area contributed by atoms with Crippen molar-refractivity contribution in [3.8, 4) is 0 Å². The number of aryl methyl sites for hydroxylation is 1. The third-order valence-electron chi connectivity index (χ3n) is 5.00. The third kappa shape index (κ3) is 4.08. The molecule has 0 radical (unpaired) electrons. The second-order valence-corrected chi connectivity index (χ2v) is 6.81. The zero-order valence-electron chi connectivity index (χ0n) is 14.5. The Morgan fingerprint density at radius 3 is 2.28 bits per heavy atom. The Morgan fingerprint density at radius 2 is 1.68 bits per heavy atom. The molecule has 0 bridgehead atoms. The van der Waals surface area contributed by atoms with E-state index in [0.717, 1.165) is 5.56 Å². The van der Waals surface area contributed by atoms with E-state index in [1.807, 2.05) is 12.1 Å². The molecule has 1 aliphatic carbocycles. The van der Waals surface area contributed by atoms with Crippen molar-refractivity contribution in [3.63, 3.8) is 0 Å². The highest BCUT2D eigenvalue weighted by molar-refractivity contribution is 6.04. The van der Waals surface area contributed by atoms with Crippen molar-refractivity contribution in [2.75, 3.05) is 5.32 Å². The van der Waals surface area contributed by atoms with Crippen molar-refractivity contribution < 1.29 is 9.59 Å². The molecule has 1 saturated carbocycles. The monoisotopic (exact) mass is 336 g/mol. The van der Waals surface area contributed by atoms with E-state index in [0.29, 0.717) is 22.7 Å². The van der Waals surface area contributed by atoms with Crippen LogP contribution in [0.3, 0.4) is 0 Å². The molecule has 0 aliphatic heterocycles. The van der Waals surface area contributed by atoms with Gasteiger partial charge in [0.1, 0.15) is 0 Å². The molecular formula is C21H24N2O2. The van der Waals surface area contributed by atoms with Gasteiger partial charge in [0.25, 0.3) is 5.91 Å². The van der Waals surface area contributed by atoms with E-state index >= 15 is 0 Å². The maximum atomic E-state index is 12.4. The lowest BCUT2D eigenvalue weighted by molar-refractivity contribution is 0.0997. The second-order valence-electron chi connectivity index (χ2n) is 6.81. The molecule has 0 atom stereocenters. The van der Waals surface area contributed by atoms with Crippen LogP contribution in [-0.4, -0.2) is 11.8 Å². The van der Waals surface area contributed by atoms with Crippen LogP contribution in [-0.2, 0) is 0 Å². The zero-order valence-corrected chi connectivity index (χ0v) is 14.5. The minimum absolute atomic E-state index is 0.151. The van der Waals surface area contributed by atoms with E-state index in [4.69, 9.17) is 5.73 Å². The second kappa shape index (κ2) is 7.51. The van der Waals surface area contributed by atoms with Gasteiger partial charge in [-0.15, -0.1) is 0 Å². The van der Waals surface area contributed by atoms with Gasteiger partial charge in [0.2, 0.25) is 5.91 Å². The van der Waals surface area contributed by atoms with Crippen molar-refractivity contribution in [2.24, 2.45) is 5.73 Å². The number of nitrogens with one attached hydrogen (secondary N) is 1. The van der Waals surface area contributed by atoms with Crippen LogP contribution in [0, 0.1) is 6.92 Å². The van der Waals surface area contributed by atoms with Crippen molar-refractivity contribution >= 4 is 17.5 Å². The minimum atomic E-state index is -0.464. The first kappa shape index (κ1) is 17.2. The van der Waals surface area contributed by atoms with Crippen molar-refractivity contribution in [2.45, 2.75) is 44.9 Å². The van der Waals surface area contributed by atoms with Gasteiger partial charge in [0, 0.05) is 16.8 Å². The standard InChI is InChI=1S/C21H24N2O2/c1-14-13-18(11-12-19(14)20(22)24)23-21(25)17-9-7-16(8-10-17)15-5-3-2-4-6-15/h7-13,15H,2-6H2,1H3,(H2,22,24)(H,23,25). The average Bonchev–Trinajstić information content (AvgIpc) is 2.62.